The predicted molar refractivity (Wildman–Crippen MR) is 47.1 cm³/mol. The van der Waals surface area contributed by atoms with E-state index in [0.29, 0.717) is 0 Å². The fourth-order valence-electron chi connectivity index (χ4n) is 0.654. The van der Waals surface area contributed by atoms with Crippen LogP contribution in [0.1, 0.15) is 10.4 Å². The highest BCUT2D eigenvalue weighted by Crippen LogP contribution is 2.14. The second kappa shape index (κ2) is 7.04. The molecule has 0 aliphatic heterocycles. The van der Waals surface area contributed by atoms with E-state index >= 15 is 0 Å². The van der Waals surface area contributed by atoms with Crippen molar-refractivity contribution in [3.8, 4) is 5.75 Å². The minimum atomic E-state index is -1.11. The summed E-state index contributed by atoms with van der Waals surface area (Å²) in [6, 6.07) is 5.81. The Hall–Kier alpha value is -1.63. The van der Waals surface area contributed by atoms with E-state index in [4.69, 9.17) is 10.2 Å². The van der Waals surface area contributed by atoms with Gasteiger partial charge in [0.1, 0.15) is 11.3 Å². The average molecular weight is 188 g/mol. The quantitative estimate of drug-likeness (QED) is 0.333. The average Bonchev–Trinajstić information content (AvgIpc) is 2.08. The molecule has 0 saturated heterocycles. The van der Waals surface area contributed by atoms with Gasteiger partial charge in [0.25, 0.3) is 0 Å². The molecule has 0 unspecified atom stereocenters. The van der Waals surface area contributed by atoms with Crippen molar-refractivity contribution in [2.45, 2.75) is 0 Å². The summed E-state index contributed by atoms with van der Waals surface area (Å²) in [5.74, 6) is 6.69. The zero-order valence-corrected chi connectivity index (χ0v) is 6.77. The van der Waals surface area contributed by atoms with Crippen molar-refractivity contribution in [1.82, 2.24) is 0 Å². The molecule has 0 aromatic heterocycles. The van der Waals surface area contributed by atoms with Gasteiger partial charge in [-0.1, -0.05) is 12.1 Å². The van der Waals surface area contributed by atoms with Crippen molar-refractivity contribution in [2.75, 3.05) is 0 Å². The van der Waals surface area contributed by atoms with Crippen LogP contribution in [0.15, 0.2) is 24.3 Å². The second-order valence-corrected chi connectivity index (χ2v) is 1.82. The Morgan fingerprint density at radius 1 is 1.23 bits per heavy atom. The number of aromatic carboxylic acids is 1. The molecule has 1 rings (SSSR count). The SMILES string of the molecule is NN.O.O=C(O)c1ccccc1O. The molecule has 74 valence electrons. The topological polar surface area (TPSA) is 141 Å². The minimum absolute atomic E-state index is 0. The highest BCUT2D eigenvalue weighted by molar-refractivity contribution is 5.90. The van der Waals surface area contributed by atoms with Crippen LogP contribution in [0.2, 0.25) is 0 Å². The Labute approximate surface area is 74.7 Å². The van der Waals surface area contributed by atoms with Gasteiger partial charge in [-0.25, -0.2) is 4.79 Å². The highest BCUT2D eigenvalue weighted by atomic mass is 16.4. The Balaban J connectivity index is 0. The van der Waals surface area contributed by atoms with Crippen molar-refractivity contribution in [2.24, 2.45) is 11.7 Å². The minimum Gasteiger partial charge on any atom is -0.507 e. The number of hydrazine groups is 1. The fourth-order valence-corrected chi connectivity index (χ4v) is 0.654. The lowest BCUT2D eigenvalue weighted by Gasteiger charge is -1.95. The lowest BCUT2D eigenvalue weighted by atomic mass is 10.2. The van der Waals surface area contributed by atoms with E-state index in [0.717, 1.165) is 0 Å². The van der Waals surface area contributed by atoms with Crippen LogP contribution in [0, 0.1) is 0 Å². The maximum absolute atomic E-state index is 10.3. The fraction of sp³-hybridized carbons (Fsp3) is 0. The first-order valence-electron chi connectivity index (χ1n) is 3.06. The Morgan fingerprint density at radius 3 is 2.00 bits per heavy atom. The van der Waals surface area contributed by atoms with Crippen LogP contribution in [0.4, 0.5) is 0 Å². The summed E-state index contributed by atoms with van der Waals surface area (Å²) in [6.45, 7) is 0. The number of carboxylic acid groups (broad SMARTS) is 1. The Bertz CT molecular complexity index is 264. The molecule has 6 nitrogen and oxygen atoms in total. The first kappa shape index (κ1) is 13.9. The molecule has 0 aliphatic carbocycles. The maximum atomic E-state index is 10.3. The second-order valence-electron chi connectivity index (χ2n) is 1.82. The van der Waals surface area contributed by atoms with Gasteiger partial charge in [-0.3, -0.25) is 11.7 Å². The van der Waals surface area contributed by atoms with Crippen LogP contribution in [0.25, 0.3) is 0 Å². The third-order valence-electron chi connectivity index (χ3n) is 1.13. The van der Waals surface area contributed by atoms with Crippen molar-refractivity contribution in [3.63, 3.8) is 0 Å². The summed E-state index contributed by atoms with van der Waals surface area (Å²) in [4.78, 5) is 10.3. The summed E-state index contributed by atoms with van der Waals surface area (Å²) in [6.07, 6.45) is 0. The Morgan fingerprint density at radius 2 is 1.69 bits per heavy atom. The normalized spacial score (nSPS) is 7.54. The molecule has 0 spiro atoms. The largest absolute Gasteiger partial charge is 0.507 e. The lowest BCUT2D eigenvalue weighted by Crippen LogP contribution is -2.02. The summed E-state index contributed by atoms with van der Waals surface area (Å²) < 4.78 is 0. The van der Waals surface area contributed by atoms with Gasteiger partial charge in [0, 0.05) is 0 Å². The predicted octanol–water partition coefficient (Wildman–Crippen LogP) is -0.915. The number of rotatable bonds is 1. The van der Waals surface area contributed by atoms with Crippen LogP contribution >= 0.6 is 0 Å². The number of carbonyl (C=O) groups is 1. The molecule has 1 aromatic carbocycles. The molecule has 1 aromatic rings. The number of aromatic hydroxyl groups is 1. The number of phenols is 1. The first-order valence-corrected chi connectivity index (χ1v) is 3.06. The van der Waals surface area contributed by atoms with Gasteiger partial charge in [0.05, 0.1) is 0 Å². The van der Waals surface area contributed by atoms with E-state index in [9.17, 15) is 4.79 Å². The Kier molecular flexibility index (Phi) is 7.54. The molecule has 0 atom stereocenters. The van der Waals surface area contributed by atoms with Crippen LogP contribution < -0.4 is 11.7 Å². The molecule has 0 radical (unpaired) electrons. The molecule has 0 saturated carbocycles. The van der Waals surface area contributed by atoms with Gasteiger partial charge in [-0.2, -0.15) is 0 Å². The number of benzene rings is 1. The van der Waals surface area contributed by atoms with E-state index < -0.39 is 5.97 Å². The summed E-state index contributed by atoms with van der Waals surface area (Å²) >= 11 is 0. The summed E-state index contributed by atoms with van der Waals surface area (Å²) in [5.41, 5.74) is -0.0671. The molecular weight excluding hydrogens is 176 g/mol. The van der Waals surface area contributed by atoms with E-state index in [1.165, 1.54) is 12.1 Å². The molecule has 0 heterocycles. The van der Waals surface area contributed by atoms with Crippen LogP contribution in [0.5, 0.6) is 5.75 Å². The van der Waals surface area contributed by atoms with Gasteiger partial charge in [-0.15, -0.1) is 0 Å². The number of nitrogens with two attached hydrogens (primary N) is 2. The van der Waals surface area contributed by atoms with E-state index in [2.05, 4.69) is 11.7 Å². The summed E-state index contributed by atoms with van der Waals surface area (Å²) in [5, 5.41) is 17.3. The lowest BCUT2D eigenvalue weighted by molar-refractivity contribution is 0.0694. The number of para-hydroxylation sites is 1. The smallest absolute Gasteiger partial charge is 0.339 e. The van der Waals surface area contributed by atoms with Crippen LogP contribution in [-0.2, 0) is 0 Å². The molecule has 8 N–H and O–H groups in total. The van der Waals surface area contributed by atoms with Gasteiger partial charge >= 0.3 is 5.97 Å². The third kappa shape index (κ3) is 4.06. The van der Waals surface area contributed by atoms with E-state index in [1.807, 2.05) is 0 Å². The number of carboxylic acids is 1. The molecule has 6 heteroatoms. The molecule has 13 heavy (non-hydrogen) atoms. The van der Waals surface area contributed by atoms with Crippen molar-refractivity contribution >= 4 is 5.97 Å². The number of hydrogen-bond acceptors (Lipinski definition) is 4. The zero-order valence-electron chi connectivity index (χ0n) is 6.77. The molecule has 0 aliphatic rings. The standard InChI is InChI=1S/C7H6O3.H4N2.H2O/c8-6-4-2-1-3-5(6)7(9)10;1-2;/h1-4,8H,(H,9,10);1-2H2;1H2. The van der Waals surface area contributed by atoms with Gasteiger partial charge in [0.2, 0.25) is 0 Å². The highest BCUT2D eigenvalue weighted by Gasteiger charge is 2.05. The van der Waals surface area contributed by atoms with Crippen molar-refractivity contribution < 1.29 is 20.5 Å². The molecule has 0 bridgehead atoms. The van der Waals surface area contributed by atoms with Gasteiger partial charge in [-0.05, 0) is 12.1 Å². The van der Waals surface area contributed by atoms with Gasteiger partial charge < -0.3 is 15.7 Å². The van der Waals surface area contributed by atoms with E-state index in [1.54, 1.807) is 12.1 Å². The first-order chi connectivity index (χ1) is 5.72. The van der Waals surface area contributed by atoms with Crippen LogP contribution in [0.3, 0.4) is 0 Å². The monoisotopic (exact) mass is 188 g/mol. The maximum Gasteiger partial charge on any atom is 0.339 e. The molecular formula is C7H12N2O4. The third-order valence-corrected chi connectivity index (χ3v) is 1.13. The van der Waals surface area contributed by atoms with Crippen molar-refractivity contribution in [1.29, 1.82) is 0 Å². The van der Waals surface area contributed by atoms with Crippen LogP contribution in [-0.4, -0.2) is 21.7 Å². The van der Waals surface area contributed by atoms with Crippen molar-refractivity contribution in [3.05, 3.63) is 29.8 Å². The van der Waals surface area contributed by atoms with E-state index in [-0.39, 0.29) is 16.8 Å². The zero-order chi connectivity index (χ0) is 9.56. The number of hydrogen-bond donors (Lipinski definition) is 4. The summed E-state index contributed by atoms with van der Waals surface area (Å²) in [7, 11) is 0. The molecule has 0 fully saturated rings. The molecule has 0 amide bonds. The van der Waals surface area contributed by atoms with Gasteiger partial charge in [0.15, 0.2) is 0 Å².